The van der Waals surface area contributed by atoms with Crippen LogP contribution in [0.3, 0.4) is 0 Å². The molecule has 23 heavy (non-hydrogen) atoms. The Kier molecular flexibility index (Phi) is 4.39. The number of nitrogens with one attached hydrogen (secondary N) is 2. The van der Waals surface area contributed by atoms with Crippen LogP contribution in [0, 0.1) is 0 Å². The molecule has 2 aromatic carbocycles. The van der Waals surface area contributed by atoms with E-state index in [-0.39, 0.29) is 11.6 Å². The maximum atomic E-state index is 11.2. The van der Waals surface area contributed by atoms with Crippen molar-refractivity contribution in [3.63, 3.8) is 0 Å². The van der Waals surface area contributed by atoms with E-state index in [1.807, 2.05) is 24.4 Å². The number of fused-ring (bicyclic) bond motifs is 2. The molecule has 2 N–H and O–H groups in total. The van der Waals surface area contributed by atoms with E-state index in [2.05, 4.69) is 31.5 Å². The Hall–Kier alpha value is -2.66. The highest BCUT2D eigenvalue weighted by atomic mass is 79.9. The van der Waals surface area contributed by atoms with Crippen LogP contribution in [0.25, 0.3) is 10.9 Å². The summed E-state index contributed by atoms with van der Waals surface area (Å²) in [5.41, 5.74) is 3.24. The third-order valence-electron chi connectivity index (χ3n) is 3.51. The van der Waals surface area contributed by atoms with E-state index in [0.29, 0.717) is 11.1 Å². The molecule has 0 amide bonds. The third kappa shape index (κ3) is 3.24. The number of hydrogen-bond donors (Lipinski definition) is 2. The zero-order chi connectivity index (χ0) is 16.2. The van der Waals surface area contributed by atoms with Crippen LogP contribution in [0.2, 0.25) is 0 Å². The maximum Gasteiger partial charge on any atom is 0.186 e. The first-order chi connectivity index (χ1) is 11.2. The van der Waals surface area contributed by atoms with E-state index in [9.17, 15) is 9.59 Å². The molecule has 1 aliphatic carbocycles. The van der Waals surface area contributed by atoms with E-state index in [1.165, 1.54) is 17.5 Å². The second kappa shape index (κ2) is 6.62. The Bertz CT molecular complexity index is 875. The van der Waals surface area contributed by atoms with Gasteiger partial charge in [-0.15, -0.1) is 0 Å². The first-order valence-corrected chi connectivity index (χ1v) is 7.78. The van der Waals surface area contributed by atoms with Crippen LogP contribution >= 0.6 is 16.1 Å². The summed E-state index contributed by atoms with van der Waals surface area (Å²) in [5.74, 6) is -0.185. The van der Waals surface area contributed by atoms with Gasteiger partial charge in [-0.2, -0.15) is 0 Å². The van der Waals surface area contributed by atoms with Crippen molar-refractivity contribution in [1.82, 2.24) is 4.98 Å². The summed E-state index contributed by atoms with van der Waals surface area (Å²) in [6.07, 6.45) is 4.55. The van der Waals surface area contributed by atoms with Crippen molar-refractivity contribution < 1.29 is 9.59 Å². The van der Waals surface area contributed by atoms with Gasteiger partial charge in [0, 0.05) is 50.1 Å². The second-order valence-corrected chi connectivity index (χ2v) is 5.38. The molecule has 0 unspecified atom stereocenters. The number of ketones is 2. The predicted octanol–water partition coefficient (Wildman–Crippen LogP) is 4.51. The van der Waals surface area contributed by atoms with Gasteiger partial charge >= 0.3 is 0 Å². The molecule has 1 aliphatic rings. The van der Waals surface area contributed by atoms with Gasteiger partial charge < -0.3 is 9.33 Å². The average molecular weight is 369 g/mol. The summed E-state index contributed by atoms with van der Waals surface area (Å²) < 4.78 is 2.91. The average Bonchev–Trinajstić information content (AvgIpc) is 3.06. The SMILES string of the molecule is BrNc1ccc2[nH]ccc2c1.O=C1C=CC(=O)c2ccccc21. The van der Waals surface area contributed by atoms with Gasteiger partial charge in [0.2, 0.25) is 0 Å². The first kappa shape index (κ1) is 15.2. The number of carbonyl (C=O) groups excluding carboxylic acids is 2. The Morgan fingerprint density at radius 1 is 0.870 bits per heavy atom. The van der Waals surface area contributed by atoms with Crippen LogP contribution in [0.4, 0.5) is 5.69 Å². The summed E-state index contributed by atoms with van der Waals surface area (Å²) >= 11 is 3.17. The monoisotopic (exact) mass is 368 g/mol. The molecule has 0 bridgehead atoms. The predicted molar refractivity (Wildman–Crippen MR) is 95.1 cm³/mol. The molecule has 1 heterocycles. The van der Waals surface area contributed by atoms with Gasteiger partial charge in [0.05, 0.1) is 0 Å². The van der Waals surface area contributed by atoms with Gasteiger partial charge in [0.1, 0.15) is 0 Å². The van der Waals surface area contributed by atoms with Crippen molar-refractivity contribution in [3.8, 4) is 0 Å². The highest BCUT2D eigenvalue weighted by molar-refractivity contribution is 9.10. The van der Waals surface area contributed by atoms with E-state index >= 15 is 0 Å². The third-order valence-corrected chi connectivity index (χ3v) is 3.96. The number of rotatable bonds is 1. The lowest BCUT2D eigenvalue weighted by molar-refractivity contribution is 0.0994. The fourth-order valence-corrected chi connectivity index (χ4v) is 2.60. The standard InChI is InChI=1S/C10H6O2.C8H7BrN2/c11-9-5-6-10(12)8-4-2-1-3-7(8)9;9-11-7-1-2-8-6(5-7)3-4-10-8/h1-6H;1-5,10-11H. The number of halogens is 1. The first-order valence-electron chi connectivity index (χ1n) is 6.98. The Balaban J connectivity index is 0.000000136. The molecule has 0 atom stereocenters. The van der Waals surface area contributed by atoms with Crippen LogP contribution < -0.4 is 4.34 Å². The second-order valence-electron chi connectivity index (χ2n) is 4.98. The smallest absolute Gasteiger partial charge is 0.186 e. The Labute approximate surface area is 141 Å². The molecule has 0 spiro atoms. The van der Waals surface area contributed by atoms with Crippen molar-refractivity contribution in [2.75, 3.05) is 4.34 Å². The fraction of sp³-hybridized carbons (Fsp3) is 0. The summed E-state index contributed by atoms with van der Waals surface area (Å²) in [6.45, 7) is 0. The van der Waals surface area contributed by atoms with Crippen molar-refractivity contribution in [2.24, 2.45) is 0 Å². The fourth-order valence-electron chi connectivity index (χ4n) is 2.36. The van der Waals surface area contributed by atoms with Crippen molar-refractivity contribution in [2.45, 2.75) is 0 Å². The lowest BCUT2D eigenvalue weighted by Crippen LogP contribution is -2.10. The van der Waals surface area contributed by atoms with Crippen LogP contribution in [0.1, 0.15) is 20.7 Å². The Morgan fingerprint density at radius 2 is 1.52 bits per heavy atom. The van der Waals surface area contributed by atoms with Gasteiger partial charge in [0.15, 0.2) is 11.6 Å². The van der Waals surface area contributed by atoms with Crippen LogP contribution in [0.5, 0.6) is 0 Å². The minimum Gasteiger partial charge on any atom is -0.361 e. The molecular weight excluding hydrogens is 356 g/mol. The van der Waals surface area contributed by atoms with E-state index < -0.39 is 0 Å². The van der Waals surface area contributed by atoms with Gasteiger partial charge in [-0.05, 0) is 36.4 Å². The Morgan fingerprint density at radius 3 is 2.13 bits per heavy atom. The highest BCUT2D eigenvalue weighted by Crippen LogP contribution is 2.18. The number of benzene rings is 2. The molecule has 0 saturated heterocycles. The van der Waals surface area contributed by atoms with Crippen LogP contribution in [-0.4, -0.2) is 16.6 Å². The molecule has 4 nitrogen and oxygen atoms in total. The number of carbonyl (C=O) groups is 2. The molecule has 0 fully saturated rings. The number of aromatic nitrogens is 1. The minimum absolute atomic E-state index is 0.0924. The summed E-state index contributed by atoms with van der Waals surface area (Å²) in [4.78, 5) is 25.5. The zero-order valence-electron chi connectivity index (χ0n) is 12.0. The molecule has 0 radical (unpaired) electrons. The van der Waals surface area contributed by atoms with Gasteiger partial charge in [-0.25, -0.2) is 0 Å². The molecule has 0 saturated carbocycles. The number of allylic oxidation sites excluding steroid dienone is 2. The van der Waals surface area contributed by atoms with Gasteiger partial charge in [0.25, 0.3) is 0 Å². The van der Waals surface area contributed by atoms with E-state index in [0.717, 1.165) is 11.2 Å². The number of aromatic amines is 1. The molecule has 0 aliphatic heterocycles. The quantitative estimate of drug-likeness (QED) is 0.621. The number of H-pyrrole nitrogens is 1. The molecule has 5 heteroatoms. The lowest BCUT2D eigenvalue weighted by Gasteiger charge is -2.06. The highest BCUT2D eigenvalue weighted by Gasteiger charge is 2.16. The summed E-state index contributed by atoms with van der Waals surface area (Å²) in [7, 11) is 0. The largest absolute Gasteiger partial charge is 0.361 e. The van der Waals surface area contributed by atoms with Crippen LogP contribution in [0.15, 0.2) is 66.9 Å². The summed E-state index contributed by atoms with van der Waals surface area (Å²) in [5, 5.41) is 1.22. The van der Waals surface area contributed by atoms with Crippen molar-refractivity contribution >= 4 is 44.3 Å². The van der Waals surface area contributed by atoms with E-state index in [1.54, 1.807) is 24.3 Å². The molecule has 114 valence electrons. The normalized spacial score (nSPS) is 12.6. The van der Waals surface area contributed by atoms with Gasteiger partial charge in [-0.1, -0.05) is 24.3 Å². The number of hydrogen-bond acceptors (Lipinski definition) is 3. The van der Waals surface area contributed by atoms with Crippen molar-refractivity contribution in [3.05, 3.63) is 78.0 Å². The van der Waals surface area contributed by atoms with Crippen LogP contribution in [-0.2, 0) is 0 Å². The molecular formula is C18H13BrN2O2. The molecule has 3 aromatic rings. The van der Waals surface area contributed by atoms with Gasteiger partial charge in [-0.3, -0.25) is 9.59 Å². The maximum absolute atomic E-state index is 11.2. The number of anilines is 1. The van der Waals surface area contributed by atoms with Crippen molar-refractivity contribution in [1.29, 1.82) is 0 Å². The van der Waals surface area contributed by atoms with E-state index in [4.69, 9.17) is 0 Å². The zero-order valence-corrected chi connectivity index (χ0v) is 13.6. The topological polar surface area (TPSA) is 62.0 Å². The molecule has 1 aromatic heterocycles. The minimum atomic E-state index is -0.0924. The lowest BCUT2D eigenvalue weighted by atomic mass is 9.95. The molecule has 4 rings (SSSR count). The summed E-state index contributed by atoms with van der Waals surface area (Å²) in [6, 6.07) is 15.0.